The van der Waals surface area contributed by atoms with Crippen molar-refractivity contribution in [1.29, 1.82) is 0 Å². The van der Waals surface area contributed by atoms with Crippen molar-refractivity contribution in [3.05, 3.63) is 52.1 Å². The zero-order chi connectivity index (χ0) is 21.5. The largest absolute Gasteiger partial charge is 0.870 e. The van der Waals surface area contributed by atoms with Gasteiger partial charge in [0, 0.05) is 18.0 Å². The lowest BCUT2D eigenvalue weighted by Crippen LogP contribution is -3.15. The van der Waals surface area contributed by atoms with Crippen molar-refractivity contribution < 1.29 is 24.8 Å². The molecule has 1 aliphatic heterocycles. The summed E-state index contributed by atoms with van der Waals surface area (Å²) < 4.78 is 5.23. The number of non-ortho nitro benzene ring substituents is 1. The molecule has 2 aromatic rings. The minimum absolute atomic E-state index is 0.0500. The van der Waals surface area contributed by atoms with E-state index in [0.717, 1.165) is 44.5 Å². The number of nitro benzene ring substituents is 1. The second-order valence-electron chi connectivity index (χ2n) is 7.04. The molecule has 0 saturated carbocycles. The number of aliphatic hydroxyl groups is 1. The molecule has 0 amide bonds. The highest BCUT2D eigenvalue weighted by atomic mass is 16.6. The molecule has 9 heteroatoms. The van der Waals surface area contributed by atoms with E-state index in [9.17, 15) is 15.2 Å². The standard InChI is InChI=1S/C21H26N4O5/c1-2-30-20-14-19(25(28)29)13-16(21(20)27)15-22-17-3-5-18(6-4-17)24-9-7-23(8-10-24)11-12-26/h3-6,13-15,26-27H,2,7-12H2,1H3. The van der Waals surface area contributed by atoms with Gasteiger partial charge in [-0.1, -0.05) is 5.75 Å². The molecule has 0 bridgehead atoms. The van der Waals surface area contributed by atoms with E-state index in [-0.39, 0.29) is 30.2 Å². The Bertz CT molecular complexity index is 893. The van der Waals surface area contributed by atoms with E-state index in [1.54, 1.807) is 6.92 Å². The van der Waals surface area contributed by atoms with Gasteiger partial charge in [0.2, 0.25) is 0 Å². The molecule has 0 unspecified atom stereocenters. The zero-order valence-corrected chi connectivity index (χ0v) is 16.9. The topological polar surface area (TPSA) is 116 Å². The molecule has 2 N–H and O–H groups in total. The van der Waals surface area contributed by atoms with Gasteiger partial charge in [0.25, 0.3) is 5.69 Å². The predicted octanol–water partition coefficient (Wildman–Crippen LogP) is 0.515. The number of aliphatic imine (C=N–C) groups is 1. The molecule has 0 atom stereocenters. The first-order valence-electron chi connectivity index (χ1n) is 9.97. The Morgan fingerprint density at radius 3 is 2.57 bits per heavy atom. The minimum Gasteiger partial charge on any atom is -0.870 e. The molecular formula is C21H26N4O5. The van der Waals surface area contributed by atoms with Gasteiger partial charge < -0.3 is 24.7 Å². The van der Waals surface area contributed by atoms with Crippen molar-refractivity contribution in [2.24, 2.45) is 4.99 Å². The van der Waals surface area contributed by atoms with Crippen LogP contribution in [-0.2, 0) is 0 Å². The highest BCUT2D eigenvalue weighted by molar-refractivity contribution is 5.87. The van der Waals surface area contributed by atoms with Crippen molar-refractivity contribution in [2.45, 2.75) is 6.92 Å². The third-order valence-corrected chi connectivity index (χ3v) is 5.08. The number of nitro groups is 1. The molecule has 1 fully saturated rings. The van der Waals surface area contributed by atoms with E-state index in [0.29, 0.717) is 5.69 Å². The van der Waals surface area contributed by atoms with Crippen LogP contribution in [0.2, 0.25) is 0 Å². The van der Waals surface area contributed by atoms with Crippen LogP contribution in [0.4, 0.5) is 17.1 Å². The van der Waals surface area contributed by atoms with Crippen LogP contribution in [0, 0.1) is 10.1 Å². The number of rotatable bonds is 8. The number of benzene rings is 2. The molecular weight excluding hydrogens is 388 g/mol. The zero-order valence-electron chi connectivity index (χ0n) is 16.9. The normalized spacial score (nSPS) is 14.9. The van der Waals surface area contributed by atoms with Crippen LogP contribution in [0.25, 0.3) is 0 Å². The van der Waals surface area contributed by atoms with E-state index in [1.165, 1.54) is 17.2 Å². The number of ether oxygens (including phenoxy) is 1. The van der Waals surface area contributed by atoms with Crippen LogP contribution in [0.3, 0.4) is 0 Å². The SMILES string of the molecule is CCOc1cc([N+](=O)[O-])cc(C=Nc2ccc(N3CC[NH+](CCO)CC3)cc2)c1[O-]. The van der Waals surface area contributed by atoms with Crippen molar-refractivity contribution in [3.8, 4) is 11.5 Å². The minimum atomic E-state index is -0.559. The van der Waals surface area contributed by atoms with Crippen LogP contribution >= 0.6 is 0 Å². The molecule has 0 radical (unpaired) electrons. The first-order valence-corrected chi connectivity index (χ1v) is 9.97. The summed E-state index contributed by atoms with van der Waals surface area (Å²) in [7, 11) is 0. The molecule has 0 aromatic heterocycles. The molecule has 1 heterocycles. The maximum atomic E-state index is 12.4. The summed E-state index contributed by atoms with van der Waals surface area (Å²) >= 11 is 0. The summed E-state index contributed by atoms with van der Waals surface area (Å²) in [6.45, 7) is 6.77. The summed E-state index contributed by atoms with van der Waals surface area (Å²) in [6.07, 6.45) is 1.34. The van der Waals surface area contributed by atoms with E-state index in [2.05, 4.69) is 9.89 Å². The van der Waals surface area contributed by atoms with E-state index in [4.69, 9.17) is 9.84 Å². The number of aliphatic hydroxyl groups excluding tert-OH is 1. The highest BCUT2D eigenvalue weighted by Crippen LogP contribution is 2.32. The summed E-state index contributed by atoms with van der Waals surface area (Å²) in [6, 6.07) is 9.99. The van der Waals surface area contributed by atoms with Gasteiger partial charge in [-0.05, 0) is 36.8 Å². The number of nitrogens with zero attached hydrogens (tertiary/aromatic N) is 3. The van der Waals surface area contributed by atoms with Gasteiger partial charge in [0.1, 0.15) is 12.3 Å². The summed E-state index contributed by atoms with van der Waals surface area (Å²) in [4.78, 5) is 18.6. The van der Waals surface area contributed by atoms with Gasteiger partial charge in [0.15, 0.2) is 0 Å². The summed E-state index contributed by atoms with van der Waals surface area (Å²) in [5.74, 6) is -0.475. The summed E-state index contributed by atoms with van der Waals surface area (Å²) in [5, 5.41) is 32.6. The lowest BCUT2D eigenvalue weighted by molar-refractivity contribution is -0.900. The third-order valence-electron chi connectivity index (χ3n) is 5.08. The van der Waals surface area contributed by atoms with Crippen molar-refractivity contribution in [1.82, 2.24) is 0 Å². The van der Waals surface area contributed by atoms with Crippen molar-refractivity contribution >= 4 is 23.3 Å². The number of nitrogens with one attached hydrogen (secondary N) is 1. The first kappa shape index (κ1) is 21.5. The molecule has 0 aliphatic carbocycles. The number of quaternary nitrogens is 1. The Morgan fingerprint density at radius 1 is 1.27 bits per heavy atom. The number of anilines is 1. The predicted molar refractivity (Wildman–Crippen MR) is 112 cm³/mol. The van der Waals surface area contributed by atoms with Gasteiger partial charge in [0.05, 0.1) is 56.1 Å². The molecule has 30 heavy (non-hydrogen) atoms. The van der Waals surface area contributed by atoms with Gasteiger partial charge in [-0.15, -0.1) is 0 Å². The number of hydrogen-bond donors (Lipinski definition) is 2. The maximum absolute atomic E-state index is 12.4. The van der Waals surface area contributed by atoms with E-state index in [1.807, 2.05) is 24.3 Å². The average Bonchev–Trinajstić information content (AvgIpc) is 2.75. The van der Waals surface area contributed by atoms with E-state index >= 15 is 0 Å². The molecule has 1 saturated heterocycles. The lowest BCUT2D eigenvalue weighted by atomic mass is 10.1. The maximum Gasteiger partial charge on any atom is 0.273 e. The molecule has 1 aliphatic rings. The first-order chi connectivity index (χ1) is 14.5. The molecule has 9 nitrogen and oxygen atoms in total. The molecule has 2 aromatic carbocycles. The quantitative estimate of drug-likeness (QED) is 0.370. The Morgan fingerprint density at radius 2 is 1.97 bits per heavy atom. The fourth-order valence-corrected chi connectivity index (χ4v) is 3.46. The average molecular weight is 414 g/mol. The van der Waals surface area contributed by atoms with Gasteiger partial charge >= 0.3 is 0 Å². The van der Waals surface area contributed by atoms with Crippen molar-refractivity contribution in [3.63, 3.8) is 0 Å². The van der Waals surface area contributed by atoms with Gasteiger partial charge in [-0.3, -0.25) is 15.1 Å². The fraction of sp³-hybridized carbons (Fsp3) is 0.381. The lowest BCUT2D eigenvalue weighted by Gasteiger charge is -2.33. The second-order valence-corrected chi connectivity index (χ2v) is 7.04. The van der Waals surface area contributed by atoms with Gasteiger partial charge in [-0.2, -0.15) is 0 Å². The monoisotopic (exact) mass is 414 g/mol. The van der Waals surface area contributed by atoms with Crippen LogP contribution < -0.4 is 19.6 Å². The van der Waals surface area contributed by atoms with Crippen LogP contribution in [-0.4, -0.2) is 62.2 Å². The van der Waals surface area contributed by atoms with Crippen LogP contribution in [0.1, 0.15) is 12.5 Å². The number of hydrogen-bond acceptors (Lipinski definition) is 7. The third kappa shape index (κ3) is 5.25. The smallest absolute Gasteiger partial charge is 0.273 e. The van der Waals surface area contributed by atoms with Crippen LogP contribution in [0.15, 0.2) is 41.4 Å². The molecule has 3 rings (SSSR count). The van der Waals surface area contributed by atoms with Crippen molar-refractivity contribution in [2.75, 3.05) is 50.8 Å². The Kier molecular flexibility index (Phi) is 7.21. The molecule has 160 valence electrons. The Hall–Kier alpha value is -3.17. The second kappa shape index (κ2) is 10.0. The summed E-state index contributed by atoms with van der Waals surface area (Å²) in [5.41, 5.74) is 1.64. The fourth-order valence-electron chi connectivity index (χ4n) is 3.46. The highest BCUT2D eigenvalue weighted by Gasteiger charge is 2.19. The van der Waals surface area contributed by atoms with E-state index < -0.39 is 10.7 Å². The Labute approximate surface area is 175 Å². The number of piperazine rings is 1. The Balaban J connectivity index is 1.72. The van der Waals surface area contributed by atoms with Crippen LogP contribution in [0.5, 0.6) is 11.5 Å². The van der Waals surface area contributed by atoms with Gasteiger partial charge in [-0.25, -0.2) is 0 Å². The molecule has 0 spiro atoms.